The van der Waals surface area contributed by atoms with Gasteiger partial charge in [-0.05, 0) is 17.8 Å². The Hall–Kier alpha value is -0.460. The van der Waals surface area contributed by atoms with Crippen molar-refractivity contribution in [2.45, 2.75) is 40.5 Å². The highest BCUT2D eigenvalue weighted by Crippen LogP contribution is 2.32. The Morgan fingerprint density at radius 1 is 1.45 bits per heavy atom. The minimum Gasteiger partial charge on any atom is -0.403 e. The van der Waals surface area contributed by atoms with Gasteiger partial charge < -0.3 is 5.73 Å². The van der Waals surface area contributed by atoms with Gasteiger partial charge >= 0.3 is 0 Å². The van der Waals surface area contributed by atoms with E-state index in [0.29, 0.717) is 11.3 Å². The number of hydrogen-bond donors (Lipinski definition) is 1. The van der Waals surface area contributed by atoms with Gasteiger partial charge in [-0.2, -0.15) is 0 Å². The van der Waals surface area contributed by atoms with Crippen molar-refractivity contribution in [3.05, 3.63) is 12.3 Å². The summed E-state index contributed by atoms with van der Waals surface area (Å²) in [5, 5.41) is 0. The summed E-state index contributed by atoms with van der Waals surface area (Å²) in [7, 11) is 0. The monoisotopic (exact) mass is 155 g/mol. The lowest BCUT2D eigenvalue weighted by molar-refractivity contribution is 0.231. The van der Waals surface area contributed by atoms with Crippen molar-refractivity contribution < 1.29 is 0 Å². The van der Waals surface area contributed by atoms with Crippen LogP contribution >= 0.6 is 0 Å². The molecule has 0 aliphatic carbocycles. The van der Waals surface area contributed by atoms with Crippen molar-refractivity contribution in [1.29, 1.82) is 0 Å². The van der Waals surface area contributed by atoms with Gasteiger partial charge in [0.25, 0.3) is 0 Å². The Morgan fingerprint density at radius 2 is 1.91 bits per heavy atom. The predicted molar refractivity (Wildman–Crippen MR) is 51.2 cm³/mol. The van der Waals surface area contributed by atoms with Crippen molar-refractivity contribution in [1.82, 2.24) is 0 Å². The molecule has 0 radical (unpaired) electrons. The topological polar surface area (TPSA) is 26.0 Å². The Labute approximate surface area is 70.7 Å². The van der Waals surface area contributed by atoms with Crippen LogP contribution in [0.15, 0.2) is 12.3 Å². The molecule has 0 aliphatic rings. The first-order valence-corrected chi connectivity index (χ1v) is 4.31. The summed E-state index contributed by atoms with van der Waals surface area (Å²) in [5.41, 5.74) is 6.74. The van der Waals surface area contributed by atoms with Gasteiger partial charge in [0.05, 0.1) is 0 Å². The SMILES string of the molecule is C=C(N)CC(CC)C(C)(C)C. The molecule has 0 saturated heterocycles. The van der Waals surface area contributed by atoms with Crippen molar-refractivity contribution in [3.8, 4) is 0 Å². The molecule has 0 aromatic carbocycles. The summed E-state index contributed by atoms with van der Waals surface area (Å²) in [6.07, 6.45) is 2.14. The van der Waals surface area contributed by atoms with Crippen LogP contribution in [-0.2, 0) is 0 Å². The van der Waals surface area contributed by atoms with Gasteiger partial charge in [0.1, 0.15) is 0 Å². The maximum Gasteiger partial charge on any atom is 0.00104 e. The smallest absolute Gasteiger partial charge is 0.00104 e. The van der Waals surface area contributed by atoms with E-state index < -0.39 is 0 Å². The standard InChI is InChI=1S/C10H21N/c1-6-9(7-8(2)11)10(3,4)5/h9H,2,6-7,11H2,1,3-5H3. The quantitative estimate of drug-likeness (QED) is 0.666. The molecule has 0 aromatic rings. The molecule has 0 fully saturated rings. The van der Waals surface area contributed by atoms with Gasteiger partial charge in [0, 0.05) is 5.70 Å². The van der Waals surface area contributed by atoms with Crippen molar-refractivity contribution in [2.75, 3.05) is 0 Å². The van der Waals surface area contributed by atoms with Crippen LogP contribution in [0.5, 0.6) is 0 Å². The highest BCUT2D eigenvalue weighted by Gasteiger charge is 2.22. The van der Waals surface area contributed by atoms with Gasteiger partial charge in [-0.3, -0.25) is 0 Å². The van der Waals surface area contributed by atoms with Crippen LogP contribution in [0.25, 0.3) is 0 Å². The Kier molecular flexibility index (Phi) is 3.64. The van der Waals surface area contributed by atoms with Crippen LogP contribution in [0.2, 0.25) is 0 Å². The maximum absolute atomic E-state index is 5.57. The van der Waals surface area contributed by atoms with E-state index in [4.69, 9.17) is 5.73 Å². The second-order valence-corrected chi connectivity index (χ2v) is 4.33. The second kappa shape index (κ2) is 3.80. The van der Waals surface area contributed by atoms with E-state index >= 15 is 0 Å². The fourth-order valence-electron chi connectivity index (χ4n) is 1.38. The summed E-state index contributed by atoms with van der Waals surface area (Å²) in [5.74, 6) is 0.667. The molecule has 1 heteroatoms. The predicted octanol–water partition coefficient (Wildman–Crippen LogP) is 2.92. The van der Waals surface area contributed by atoms with E-state index in [9.17, 15) is 0 Å². The largest absolute Gasteiger partial charge is 0.403 e. The van der Waals surface area contributed by atoms with Gasteiger partial charge in [0.2, 0.25) is 0 Å². The van der Waals surface area contributed by atoms with Gasteiger partial charge in [-0.15, -0.1) is 0 Å². The molecule has 0 aliphatic heterocycles. The summed E-state index contributed by atoms with van der Waals surface area (Å²) < 4.78 is 0. The number of hydrogen-bond acceptors (Lipinski definition) is 1. The zero-order valence-corrected chi connectivity index (χ0v) is 8.28. The third-order valence-corrected chi connectivity index (χ3v) is 2.23. The lowest BCUT2D eigenvalue weighted by Gasteiger charge is -2.29. The fraction of sp³-hybridized carbons (Fsp3) is 0.800. The third-order valence-electron chi connectivity index (χ3n) is 2.23. The Bertz CT molecular complexity index is 130. The van der Waals surface area contributed by atoms with Crippen LogP contribution in [0.1, 0.15) is 40.5 Å². The zero-order chi connectivity index (χ0) is 9.07. The molecular formula is C10H21N. The normalized spacial score (nSPS) is 14.5. The highest BCUT2D eigenvalue weighted by atomic mass is 14.6. The molecule has 0 aromatic heterocycles. The fourth-order valence-corrected chi connectivity index (χ4v) is 1.38. The molecule has 2 N–H and O–H groups in total. The summed E-state index contributed by atoms with van der Waals surface area (Å²) in [4.78, 5) is 0. The molecule has 0 heterocycles. The van der Waals surface area contributed by atoms with Crippen molar-refractivity contribution >= 4 is 0 Å². The van der Waals surface area contributed by atoms with E-state index in [2.05, 4.69) is 34.3 Å². The minimum absolute atomic E-state index is 0.358. The molecule has 11 heavy (non-hydrogen) atoms. The third kappa shape index (κ3) is 4.07. The van der Waals surface area contributed by atoms with E-state index in [-0.39, 0.29) is 0 Å². The Morgan fingerprint density at radius 3 is 2.00 bits per heavy atom. The molecule has 66 valence electrons. The Balaban J connectivity index is 4.07. The van der Waals surface area contributed by atoms with Crippen LogP contribution in [-0.4, -0.2) is 0 Å². The summed E-state index contributed by atoms with van der Waals surface area (Å²) >= 11 is 0. The van der Waals surface area contributed by atoms with Gasteiger partial charge in [0.15, 0.2) is 0 Å². The molecule has 1 atom stereocenters. The molecule has 0 rings (SSSR count). The second-order valence-electron chi connectivity index (χ2n) is 4.33. The molecule has 0 amide bonds. The molecular weight excluding hydrogens is 134 g/mol. The average Bonchev–Trinajstić information content (AvgIpc) is 1.79. The van der Waals surface area contributed by atoms with E-state index in [1.54, 1.807) is 0 Å². The first-order valence-electron chi connectivity index (χ1n) is 4.31. The van der Waals surface area contributed by atoms with E-state index in [1.807, 2.05) is 0 Å². The van der Waals surface area contributed by atoms with Crippen molar-refractivity contribution in [3.63, 3.8) is 0 Å². The van der Waals surface area contributed by atoms with Crippen LogP contribution in [0.4, 0.5) is 0 Å². The maximum atomic E-state index is 5.57. The van der Waals surface area contributed by atoms with Crippen LogP contribution in [0.3, 0.4) is 0 Å². The number of nitrogens with two attached hydrogens (primary N) is 1. The van der Waals surface area contributed by atoms with Gasteiger partial charge in [-0.1, -0.05) is 40.7 Å². The molecule has 1 unspecified atom stereocenters. The highest BCUT2D eigenvalue weighted by molar-refractivity contribution is 4.91. The van der Waals surface area contributed by atoms with Gasteiger partial charge in [-0.25, -0.2) is 0 Å². The molecule has 0 bridgehead atoms. The molecule has 0 saturated carbocycles. The summed E-state index contributed by atoms with van der Waals surface area (Å²) in [6, 6.07) is 0. The van der Waals surface area contributed by atoms with Crippen LogP contribution < -0.4 is 5.73 Å². The molecule has 0 spiro atoms. The minimum atomic E-state index is 0.358. The summed E-state index contributed by atoms with van der Waals surface area (Å²) in [6.45, 7) is 12.7. The lowest BCUT2D eigenvalue weighted by atomic mass is 9.77. The first-order chi connectivity index (χ1) is 4.88. The van der Waals surface area contributed by atoms with Crippen molar-refractivity contribution in [2.24, 2.45) is 17.1 Å². The molecule has 1 nitrogen and oxygen atoms in total. The lowest BCUT2D eigenvalue weighted by Crippen LogP contribution is -2.21. The zero-order valence-electron chi connectivity index (χ0n) is 8.28. The number of allylic oxidation sites excluding steroid dienone is 1. The van der Waals surface area contributed by atoms with E-state index in [0.717, 1.165) is 12.1 Å². The van der Waals surface area contributed by atoms with E-state index in [1.165, 1.54) is 6.42 Å². The number of rotatable bonds is 3. The first kappa shape index (κ1) is 10.5. The average molecular weight is 155 g/mol. The van der Waals surface area contributed by atoms with Crippen LogP contribution in [0, 0.1) is 11.3 Å².